The van der Waals surface area contributed by atoms with Gasteiger partial charge in [-0.2, -0.15) is 0 Å². The van der Waals surface area contributed by atoms with Crippen LogP contribution >= 0.6 is 0 Å². The largest absolute Gasteiger partial charge is 0.496 e. The Morgan fingerprint density at radius 1 is 1.16 bits per heavy atom. The van der Waals surface area contributed by atoms with Crippen LogP contribution in [-0.2, 0) is 6.61 Å². The molecule has 7 heteroatoms. The number of piperazine rings is 1. The molecule has 1 fully saturated rings. The van der Waals surface area contributed by atoms with Crippen molar-refractivity contribution in [3.05, 3.63) is 76.7 Å². The second kappa shape index (κ2) is 9.44. The quantitative estimate of drug-likeness (QED) is 0.583. The summed E-state index contributed by atoms with van der Waals surface area (Å²) < 4.78 is 16.7. The summed E-state index contributed by atoms with van der Waals surface area (Å²) in [5.41, 5.74) is 3.45. The van der Waals surface area contributed by atoms with E-state index in [1.165, 1.54) is 0 Å². The average Bonchev–Trinajstić information content (AvgIpc) is 3.14. The molecule has 1 saturated heterocycles. The Kier molecular flexibility index (Phi) is 6.46. The number of hydrogen-bond acceptors (Lipinski definition) is 6. The fraction of sp³-hybridized carbons (Fsp3) is 0.360. The van der Waals surface area contributed by atoms with E-state index in [0.717, 1.165) is 34.9 Å². The molecular weight excluding hydrogens is 406 g/mol. The number of aryl methyl sites for hydroxylation is 2. The summed E-state index contributed by atoms with van der Waals surface area (Å²) in [5, 5.41) is 3.96. The molecule has 0 N–H and O–H groups in total. The maximum absolute atomic E-state index is 13.3. The van der Waals surface area contributed by atoms with Crippen molar-refractivity contribution in [3.8, 4) is 11.5 Å². The van der Waals surface area contributed by atoms with Crippen LogP contribution in [0, 0.1) is 13.8 Å². The molecule has 2 heterocycles. The Hall–Kier alpha value is -3.32. The van der Waals surface area contributed by atoms with Gasteiger partial charge in [-0.25, -0.2) is 0 Å². The van der Waals surface area contributed by atoms with Gasteiger partial charge in [0.1, 0.15) is 23.9 Å². The highest BCUT2D eigenvalue weighted by atomic mass is 16.5. The molecule has 168 valence electrons. The summed E-state index contributed by atoms with van der Waals surface area (Å²) >= 11 is 0. The number of carbonyl (C=O) groups excluding carboxylic acids is 1. The fourth-order valence-corrected chi connectivity index (χ4v) is 4.10. The number of ether oxygens (including phenoxy) is 2. The minimum absolute atomic E-state index is 0.000729. The molecule has 0 saturated carbocycles. The van der Waals surface area contributed by atoms with Crippen LogP contribution in [0.15, 0.2) is 53.1 Å². The first-order chi connectivity index (χ1) is 15.5. The van der Waals surface area contributed by atoms with Crippen LogP contribution in [0.25, 0.3) is 0 Å². The van der Waals surface area contributed by atoms with Gasteiger partial charge in [-0.1, -0.05) is 29.4 Å². The van der Waals surface area contributed by atoms with Crippen molar-refractivity contribution in [3.63, 3.8) is 0 Å². The molecule has 32 heavy (non-hydrogen) atoms. The third-order valence-corrected chi connectivity index (χ3v) is 6.08. The third kappa shape index (κ3) is 4.48. The van der Waals surface area contributed by atoms with Crippen molar-refractivity contribution in [1.29, 1.82) is 0 Å². The second-order valence-electron chi connectivity index (χ2n) is 8.11. The highest BCUT2D eigenvalue weighted by Crippen LogP contribution is 2.31. The minimum atomic E-state index is 0.000729. The normalized spacial score (nSPS) is 16.8. The number of carbonyl (C=O) groups is 1. The number of nitrogens with zero attached hydrogens (tertiary/aromatic N) is 3. The molecule has 4 rings (SSSR count). The summed E-state index contributed by atoms with van der Waals surface area (Å²) in [6.07, 6.45) is 0. The zero-order chi connectivity index (χ0) is 22.7. The molecule has 0 spiro atoms. The van der Waals surface area contributed by atoms with E-state index in [2.05, 4.69) is 23.2 Å². The number of aromatic nitrogens is 1. The number of benzene rings is 2. The van der Waals surface area contributed by atoms with Crippen molar-refractivity contribution in [2.45, 2.75) is 26.5 Å². The Labute approximate surface area is 188 Å². The number of likely N-dealkylation sites (N-methyl/N-ethyl adjacent to an activating group) is 1. The molecule has 1 aliphatic heterocycles. The molecule has 1 aliphatic rings. The zero-order valence-electron chi connectivity index (χ0n) is 19.0. The zero-order valence-corrected chi connectivity index (χ0v) is 19.0. The molecule has 3 aromatic rings. The van der Waals surface area contributed by atoms with Crippen molar-refractivity contribution in [2.24, 2.45) is 0 Å². The van der Waals surface area contributed by atoms with Gasteiger partial charge in [0.15, 0.2) is 0 Å². The predicted molar refractivity (Wildman–Crippen MR) is 121 cm³/mol. The van der Waals surface area contributed by atoms with E-state index in [-0.39, 0.29) is 11.9 Å². The molecule has 1 amide bonds. The Balaban J connectivity index is 1.48. The van der Waals surface area contributed by atoms with Crippen LogP contribution in [0.4, 0.5) is 0 Å². The SMILES string of the molecule is COc1ccccc1C1CN(C(=O)c2cccc(OCc3c(C)noc3C)c2)CCN1C. The first kappa shape index (κ1) is 21.9. The number of methoxy groups -OCH3 is 1. The van der Waals surface area contributed by atoms with Crippen molar-refractivity contribution >= 4 is 5.91 Å². The molecule has 0 radical (unpaired) electrons. The van der Waals surface area contributed by atoms with Gasteiger partial charge < -0.3 is 18.9 Å². The van der Waals surface area contributed by atoms with Crippen LogP contribution in [-0.4, -0.2) is 54.7 Å². The van der Waals surface area contributed by atoms with E-state index in [1.54, 1.807) is 13.2 Å². The van der Waals surface area contributed by atoms with Gasteiger partial charge in [-0.05, 0) is 45.2 Å². The van der Waals surface area contributed by atoms with E-state index in [1.807, 2.05) is 55.1 Å². The maximum Gasteiger partial charge on any atom is 0.254 e. The topological polar surface area (TPSA) is 68.0 Å². The van der Waals surface area contributed by atoms with E-state index in [9.17, 15) is 4.79 Å². The van der Waals surface area contributed by atoms with Crippen LogP contribution in [0.1, 0.15) is 39.0 Å². The lowest BCUT2D eigenvalue weighted by Gasteiger charge is -2.40. The Morgan fingerprint density at radius 2 is 1.97 bits per heavy atom. The first-order valence-corrected chi connectivity index (χ1v) is 10.7. The van der Waals surface area contributed by atoms with E-state index in [4.69, 9.17) is 14.0 Å². The lowest BCUT2D eigenvalue weighted by atomic mass is 10.0. The van der Waals surface area contributed by atoms with Gasteiger partial charge in [-0.15, -0.1) is 0 Å². The second-order valence-corrected chi connectivity index (χ2v) is 8.11. The number of para-hydroxylation sites is 1. The standard InChI is InChI=1S/C25H29N3O4/c1-17-22(18(2)32-26-17)16-31-20-9-7-8-19(14-20)25(29)28-13-12-27(3)23(15-28)21-10-5-6-11-24(21)30-4/h5-11,14,23H,12-13,15-16H2,1-4H3. The van der Waals surface area contributed by atoms with Gasteiger partial charge in [0.05, 0.1) is 24.4 Å². The van der Waals surface area contributed by atoms with Crippen molar-refractivity contribution in [2.75, 3.05) is 33.8 Å². The molecular formula is C25H29N3O4. The van der Waals surface area contributed by atoms with E-state index >= 15 is 0 Å². The van der Waals surface area contributed by atoms with Gasteiger partial charge in [0.2, 0.25) is 0 Å². The van der Waals surface area contributed by atoms with Crippen molar-refractivity contribution in [1.82, 2.24) is 15.0 Å². The monoisotopic (exact) mass is 435 g/mol. The fourth-order valence-electron chi connectivity index (χ4n) is 4.10. The highest BCUT2D eigenvalue weighted by Gasteiger charge is 2.30. The van der Waals surface area contributed by atoms with E-state index in [0.29, 0.717) is 31.0 Å². The van der Waals surface area contributed by atoms with Gasteiger partial charge in [0.25, 0.3) is 5.91 Å². The number of rotatable bonds is 6. The van der Waals surface area contributed by atoms with Crippen LogP contribution in [0.5, 0.6) is 11.5 Å². The smallest absolute Gasteiger partial charge is 0.254 e. The predicted octanol–water partition coefficient (Wildman–Crippen LogP) is 4.01. The van der Waals surface area contributed by atoms with Gasteiger partial charge in [-0.3, -0.25) is 9.69 Å². The number of amides is 1. The van der Waals surface area contributed by atoms with Gasteiger partial charge in [0, 0.05) is 30.8 Å². The lowest BCUT2D eigenvalue weighted by molar-refractivity contribution is 0.0542. The highest BCUT2D eigenvalue weighted by molar-refractivity contribution is 5.94. The van der Waals surface area contributed by atoms with Crippen LogP contribution in [0.3, 0.4) is 0 Å². The summed E-state index contributed by atoms with van der Waals surface area (Å²) in [6, 6.07) is 15.4. The van der Waals surface area contributed by atoms with Crippen LogP contribution in [0.2, 0.25) is 0 Å². The summed E-state index contributed by atoms with van der Waals surface area (Å²) in [5.74, 6) is 2.23. The summed E-state index contributed by atoms with van der Waals surface area (Å²) in [7, 11) is 3.76. The van der Waals surface area contributed by atoms with Gasteiger partial charge >= 0.3 is 0 Å². The first-order valence-electron chi connectivity index (χ1n) is 10.7. The van der Waals surface area contributed by atoms with Crippen LogP contribution < -0.4 is 9.47 Å². The molecule has 7 nitrogen and oxygen atoms in total. The molecule has 1 aromatic heterocycles. The maximum atomic E-state index is 13.3. The average molecular weight is 436 g/mol. The lowest BCUT2D eigenvalue weighted by Crippen LogP contribution is -2.49. The minimum Gasteiger partial charge on any atom is -0.496 e. The summed E-state index contributed by atoms with van der Waals surface area (Å²) in [6.45, 7) is 6.16. The molecule has 0 aliphatic carbocycles. The summed E-state index contributed by atoms with van der Waals surface area (Å²) in [4.78, 5) is 17.5. The molecule has 2 aromatic carbocycles. The van der Waals surface area contributed by atoms with E-state index < -0.39 is 0 Å². The van der Waals surface area contributed by atoms with Crippen molar-refractivity contribution < 1.29 is 18.8 Å². The molecule has 0 bridgehead atoms. The third-order valence-electron chi connectivity index (χ3n) is 6.08. The Bertz CT molecular complexity index is 1070. The number of hydrogen-bond donors (Lipinski definition) is 0. The molecule has 1 unspecified atom stereocenters. The Morgan fingerprint density at radius 3 is 2.72 bits per heavy atom. The molecule has 1 atom stereocenters.